The molecule has 0 aromatic carbocycles. The van der Waals surface area contributed by atoms with E-state index in [-0.39, 0.29) is 0 Å². The van der Waals surface area contributed by atoms with Crippen LogP contribution in [-0.4, -0.2) is 50.8 Å². The average Bonchev–Trinajstić information content (AvgIpc) is 3.08. The normalized spacial score (nSPS) is 19.1. The van der Waals surface area contributed by atoms with Crippen LogP contribution in [0.25, 0.3) is 0 Å². The summed E-state index contributed by atoms with van der Waals surface area (Å²) in [5.74, 6) is 0.819. The second-order valence-electron chi connectivity index (χ2n) is 5.77. The van der Waals surface area contributed by atoms with Crippen LogP contribution in [0, 0.1) is 6.92 Å². The summed E-state index contributed by atoms with van der Waals surface area (Å²) < 4.78 is 1.86. The zero-order valence-electron chi connectivity index (χ0n) is 12.9. The van der Waals surface area contributed by atoms with E-state index in [1.807, 2.05) is 37.1 Å². The zero-order chi connectivity index (χ0) is 14.8. The molecule has 0 spiro atoms. The van der Waals surface area contributed by atoms with Crippen LogP contribution < -0.4 is 4.90 Å². The van der Waals surface area contributed by atoms with E-state index in [1.165, 1.54) is 0 Å². The Hall–Kier alpha value is -1.95. The van der Waals surface area contributed by atoms with Crippen molar-refractivity contribution in [1.82, 2.24) is 24.6 Å². The number of hydrogen-bond acceptors (Lipinski definition) is 5. The van der Waals surface area contributed by atoms with Gasteiger partial charge in [0, 0.05) is 57.9 Å². The summed E-state index contributed by atoms with van der Waals surface area (Å²) in [6, 6.07) is 4.48. The lowest BCUT2D eigenvalue weighted by molar-refractivity contribution is 0.320. The van der Waals surface area contributed by atoms with E-state index in [9.17, 15) is 0 Å². The number of likely N-dealkylation sites (N-methyl/N-ethyl adjacent to an activating group) is 1. The van der Waals surface area contributed by atoms with Gasteiger partial charge in [-0.25, -0.2) is 9.97 Å². The van der Waals surface area contributed by atoms with Gasteiger partial charge in [-0.3, -0.25) is 9.58 Å². The molecule has 3 rings (SSSR count). The van der Waals surface area contributed by atoms with E-state index in [0.29, 0.717) is 6.04 Å². The van der Waals surface area contributed by atoms with Crippen LogP contribution >= 0.6 is 0 Å². The van der Waals surface area contributed by atoms with Crippen molar-refractivity contribution >= 4 is 5.95 Å². The summed E-state index contributed by atoms with van der Waals surface area (Å²) in [6.45, 7) is 5.04. The SMILES string of the molecule is Cc1ccnc(N(C)C2CCN(Cc3ccn(C)n3)C2)n1. The Bertz CT molecular complexity index is 608. The summed E-state index contributed by atoms with van der Waals surface area (Å²) in [5.41, 5.74) is 2.14. The Kier molecular flexibility index (Phi) is 3.88. The number of aromatic nitrogens is 4. The number of likely N-dealkylation sites (tertiary alicyclic amines) is 1. The van der Waals surface area contributed by atoms with Crippen LogP contribution in [0.15, 0.2) is 24.5 Å². The lowest BCUT2D eigenvalue weighted by atomic mass is 10.2. The second-order valence-corrected chi connectivity index (χ2v) is 5.77. The summed E-state index contributed by atoms with van der Waals surface area (Å²) >= 11 is 0. The van der Waals surface area contributed by atoms with Crippen LogP contribution in [0.3, 0.4) is 0 Å². The van der Waals surface area contributed by atoms with Crippen molar-refractivity contribution in [3.8, 4) is 0 Å². The average molecular weight is 286 g/mol. The predicted octanol–water partition coefficient (Wildman–Crippen LogP) is 1.23. The molecule has 6 nitrogen and oxygen atoms in total. The van der Waals surface area contributed by atoms with E-state index in [0.717, 1.165) is 43.4 Å². The van der Waals surface area contributed by atoms with Crippen molar-refractivity contribution in [3.63, 3.8) is 0 Å². The minimum absolute atomic E-state index is 0.468. The zero-order valence-corrected chi connectivity index (χ0v) is 12.9. The van der Waals surface area contributed by atoms with Crippen molar-refractivity contribution in [1.29, 1.82) is 0 Å². The molecule has 0 amide bonds. The van der Waals surface area contributed by atoms with Crippen molar-refractivity contribution in [2.24, 2.45) is 7.05 Å². The van der Waals surface area contributed by atoms with Crippen LogP contribution in [0.2, 0.25) is 0 Å². The number of rotatable bonds is 4. The van der Waals surface area contributed by atoms with Gasteiger partial charge in [-0.2, -0.15) is 5.10 Å². The molecule has 1 atom stereocenters. The van der Waals surface area contributed by atoms with Crippen molar-refractivity contribution < 1.29 is 0 Å². The van der Waals surface area contributed by atoms with E-state index >= 15 is 0 Å². The maximum Gasteiger partial charge on any atom is 0.225 e. The smallest absolute Gasteiger partial charge is 0.225 e. The first kappa shape index (κ1) is 14.0. The first-order chi connectivity index (χ1) is 10.1. The molecule has 2 aromatic rings. The van der Waals surface area contributed by atoms with Gasteiger partial charge in [-0.15, -0.1) is 0 Å². The molecular weight excluding hydrogens is 264 g/mol. The van der Waals surface area contributed by atoms with Gasteiger partial charge >= 0.3 is 0 Å². The van der Waals surface area contributed by atoms with Crippen molar-refractivity contribution in [3.05, 3.63) is 35.9 Å². The molecule has 0 N–H and O–H groups in total. The third kappa shape index (κ3) is 3.21. The molecule has 1 aliphatic rings. The monoisotopic (exact) mass is 286 g/mol. The summed E-state index contributed by atoms with van der Waals surface area (Å²) in [5, 5.41) is 4.45. The van der Waals surface area contributed by atoms with Crippen LogP contribution in [0.5, 0.6) is 0 Å². The van der Waals surface area contributed by atoms with Crippen molar-refractivity contribution in [2.45, 2.75) is 25.9 Å². The molecule has 21 heavy (non-hydrogen) atoms. The number of anilines is 1. The largest absolute Gasteiger partial charge is 0.340 e. The molecule has 1 saturated heterocycles. The molecule has 0 radical (unpaired) electrons. The molecule has 0 saturated carbocycles. The standard InChI is InChI=1S/C15H22N6/c1-12-4-7-16-15(17-12)20(3)14-6-9-21(11-14)10-13-5-8-19(2)18-13/h4-5,7-8,14H,6,9-11H2,1-3H3. The molecule has 112 valence electrons. The molecule has 3 heterocycles. The third-order valence-corrected chi connectivity index (χ3v) is 4.05. The van der Waals surface area contributed by atoms with Gasteiger partial charge in [0.25, 0.3) is 0 Å². The highest BCUT2D eigenvalue weighted by Crippen LogP contribution is 2.19. The Morgan fingerprint density at radius 3 is 2.95 bits per heavy atom. The van der Waals surface area contributed by atoms with Gasteiger partial charge in [-0.1, -0.05) is 0 Å². The quantitative estimate of drug-likeness (QED) is 0.846. The Labute approximate surface area is 125 Å². The summed E-state index contributed by atoms with van der Waals surface area (Å²) in [6.07, 6.45) is 4.96. The summed E-state index contributed by atoms with van der Waals surface area (Å²) in [7, 11) is 4.04. The fourth-order valence-electron chi connectivity index (χ4n) is 2.82. The Morgan fingerprint density at radius 2 is 2.24 bits per heavy atom. The first-order valence-corrected chi connectivity index (χ1v) is 7.35. The number of nitrogens with zero attached hydrogens (tertiary/aromatic N) is 6. The maximum atomic E-state index is 4.51. The minimum Gasteiger partial charge on any atom is -0.340 e. The van der Waals surface area contributed by atoms with Gasteiger partial charge < -0.3 is 4.90 Å². The molecule has 0 bridgehead atoms. The van der Waals surface area contributed by atoms with Gasteiger partial charge in [-0.05, 0) is 25.5 Å². The lowest BCUT2D eigenvalue weighted by Gasteiger charge is -2.24. The van der Waals surface area contributed by atoms with Gasteiger partial charge in [0.2, 0.25) is 5.95 Å². The predicted molar refractivity (Wildman–Crippen MR) is 82.1 cm³/mol. The maximum absolute atomic E-state index is 4.51. The minimum atomic E-state index is 0.468. The fourth-order valence-corrected chi connectivity index (χ4v) is 2.82. The lowest BCUT2D eigenvalue weighted by Crippen LogP contribution is -2.35. The first-order valence-electron chi connectivity index (χ1n) is 7.35. The Morgan fingerprint density at radius 1 is 1.38 bits per heavy atom. The van der Waals surface area contributed by atoms with Gasteiger partial charge in [0.05, 0.1) is 5.69 Å². The fraction of sp³-hybridized carbons (Fsp3) is 0.533. The second kappa shape index (κ2) is 5.81. The number of hydrogen-bond donors (Lipinski definition) is 0. The highest BCUT2D eigenvalue weighted by Gasteiger charge is 2.27. The molecule has 6 heteroatoms. The highest BCUT2D eigenvalue weighted by atomic mass is 15.3. The highest BCUT2D eigenvalue weighted by molar-refractivity contribution is 5.31. The van der Waals surface area contributed by atoms with Gasteiger partial charge in [0.15, 0.2) is 0 Å². The number of aryl methyl sites for hydroxylation is 2. The van der Waals surface area contributed by atoms with E-state index in [2.05, 4.69) is 38.0 Å². The molecule has 1 aliphatic heterocycles. The molecule has 1 fully saturated rings. The van der Waals surface area contributed by atoms with Crippen LogP contribution in [-0.2, 0) is 13.6 Å². The summed E-state index contributed by atoms with van der Waals surface area (Å²) in [4.78, 5) is 13.5. The van der Waals surface area contributed by atoms with E-state index in [4.69, 9.17) is 0 Å². The van der Waals surface area contributed by atoms with Crippen LogP contribution in [0.1, 0.15) is 17.8 Å². The molecule has 0 aliphatic carbocycles. The Balaban J connectivity index is 1.61. The van der Waals surface area contributed by atoms with Crippen molar-refractivity contribution in [2.75, 3.05) is 25.0 Å². The molecular formula is C15H22N6. The van der Waals surface area contributed by atoms with E-state index < -0.39 is 0 Å². The van der Waals surface area contributed by atoms with E-state index in [1.54, 1.807) is 0 Å². The molecule has 1 unspecified atom stereocenters. The van der Waals surface area contributed by atoms with Crippen LogP contribution in [0.4, 0.5) is 5.95 Å². The van der Waals surface area contributed by atoms with Gasteiger partial charge in [0.1, 0.15) is 0 Å². The molecule has 2 aromatic heterocycles. The topological polar surface area (TPSA) is 50.1 Å². The third-order valence-electron chi connectivity index (χ3n) is 4.05.